The molecular formula is C12H18ClN3O2. The first-order chi connectivity index (χ1) is 8.69. The number of rotatable bonds is 4. The molecule has 6 heteroatoms. The summed E-state index contributed by atoms with van der Waals surface area (Å²) in [5, 5.41) is 9.13. The Bertz CT molecular complexity index is 375. The van der Waals surface area contributed by atoms with E-state index in [1.165, 1.54) is 0 Å². The molecule has 0 saturated carbocycles. The number of anilines is 2. The van der Waals surface area contributed by atoms with Gasteiger partial charge in [0.2, 0.25) is 0 Å². The normalized spacial score (nSPS) is 17.1. The van der Waals surface area contributed by atoms with Gasteiger partial charge in [-0.3, -0.25) is 0 Å². The Morgan fingerprint density at radius 3 is 2.78 bits per heavy atom. The number of halogens is 1. The maximum atomic E-state index is 8.71. The van der Waals surface area contributed by atoms with Crippen molar-refractivity contribution in [3.8, 4) is 0 Å². The highest BCUT2D eigenvalue weighted by Gasteiger charge is 2.20. The van der Waals surface area contributed by atoms with Crippen molar-refractivity contribution in [2.45, 2.75) is 18.9 Å². The fourth-order valence-electron chi connectivity index (χ4n) is 2.14. The fraction of sp³-hybridized carbons (Fsp3) is 0.583. The fourth-order valence-corrected chi connectivity index (χ4v) is 2.35. The van der Waals surface area contributed by atoms with Crippen LogP contribution < -0.4 is 10.6 Å². The van der Waals surface area contributed by atoms with E-state index in [1.807, 2.05) is 6.07 Å². The second kappa shape index (κ2) is 6.22. The number of piperidine rings is 1. The van der Waals surface area contributed by atoms with Crippen molar-refractivity contribution in [3.63, 3.8) is 0 Å². The lowest BCUT2D eigenvalue weighted by Crippen LogP contribution is -2.37. The summed E-state index contributed by atoms with van der Waals surface area (Å²) in [6, 6.07) is 3.48. The highest BCUT2D eigenvalue weighted by atomic mass is 35.5. The zero-order valence-corrected chi connectivity index (χ0v) is 10.9. The molecule has 0 aliphatic carbocycles. The van der Waals surface area contributed by atoms with Crippen LogP contribution in [0.2, 0.25) is 5.15 Å². The van der Waals surface area contributed by atoms with Gasteiger partial charge in [0.1, 0.15) is 11.0 Å². The summed E-state index contributed by atoms with van der Waals surface area (Å²) in [5.74, 6) is 0.820. The molecule has 1 aromatic heterocycles. The standard InChI is InChI=1S/C12H18ClN3O2/c13-11-7-9(14)8-12(15-11)16-3-1-10(2-4-16)18-6-5-17/h7-8,10,17H,1-6H2,(H2,14,15). The topological polar surface area (TPSA) is 71.6 Å². The minimum absolute atomic E-state index is 0.0760. The third-order valence-corrected chi connectivity index (χ3v) is 3.21. The predicted octanol–water partition coefficient (Wildman–Crippen LogP) is 1.29. The zero-order valence-electron chi connectivity index (χ0n) is 10.2. The van der Waals surface area contributed by atoms with Crippen LogP contribution in [0, 0.1) is 0 Å². The SMILES string of the molecule is Nc1cc(Cl)nc(N2CCC(OCCO)CC2)c1. The minimum Gasteiger partial charge on any atom is -0.399 e. The number of aliphatic hydroxyl groups is 1. The summed E-state index contributed by atoms with van der Waals surface area (Å²) < 4.78 is 5.52. The van der Waals surface area contributed by atoms with E-state index in [9.17, 15) is 0 Å². The Hall–Kier alpha value is -1.04. The van der Waals surface area contributed by atoms with Gasteiger partial charge in [-0.2, -0.15) is 0 Å². The summed E-state index contributed by atoms with van der Waals surface area (Å²) in [6.07, 6.45) is 2.08. The largest absolute Gasteiger partial charge is 0.399 e. The molecule has 1 aromatic rings. The minimum atomic E-state index is 0.0760. The zero-order chi connectivity index (χ0) is 13.0. The van der Waals surface area contributed by atoms with E-state index in [0.29, 0.717) is 17.4 Å². The van der Waals surface area contributed by atoms with Crippen LogP contribution in [0.1, 0.15) is 12.8 Å². The summed E-state index contributed by atoms with van der Waals surface area (Å²) >= 11 is 5.90. The molecule has 0 radical (unpaired) electrons. The Balaban J connectivity index is 1.92. The highest BCUT2D eigenvalue weighted by molar-refractivity contribution is 6.29. The van der Waals surface area contributed by atoms with Gasteiger partial charge in [0.15, 0.2) is 0 Å². The highest BCUT2D eigenvalue weighted by Crippen LogP contribution is 2.23. The van der Waals surface area contributed by atoms with E-state index >= 15 is 0 Å². The van der Waals surface area contributed by atoms with Crippen molar-refractivity contribution >= 4 is 23.1 Å². The molecular weight excluding hydrogens is 254 g/mol. The molecule has 0 bridgehead atoms. The molecule has 3 N–H and O–H groups in total. The van der Waals surface area contributed by atoms with Gasteiger partial charge in [0, 0.05) is 24.8 Å². The lowest BCUT2D eigenvalue weighted by molar-refractivity contribution is 0.0158. The molecule has 100 valence electrons. The van der Waals surface area contributed by atoms with E-state index in [1.54, 1.807) is 6.07 Å². The first-order valence-electron chi connectivity index (χ1n) is 6.09. The molecule has 1 aliphatic rings. The molecule has 1 fully saturated rings. The number of nitrogen functional groups attached to an aromatic ring is 1. The number of aliphatic hydroxyl groups excluding tert-OH is 1. The Kier molecular flexibility index (Phi) is 4.63. The second-order valence-corrected chi connectivity index (χ2v) is 4.75. The number of nitrogens with zero attached hydrogens (tertiary/aromatic N) is 2. The van der Waals surface area contributed by atoms with E-state index in [2.05, 4.69) is 9.88 Å². The lowest BCUT2D eigenvalue weighted by Gasteiger charge is -2.32. The van der Waals surface area contributed by atoms with Gasteiger partial charge in [-0.05, 0) is 18.9 Å². The molecule has 0 spiro atoms. The Labute approximate surface area is 112 Å². The molecule has 2 heterocycles. The van der Waals surface area contributed by atoms with Crippen LogP contribution in [-0.2, 0) is 4.74 Å². The number of nitrogens with two attached hydrogens (primary N) is 1. The van der Waals surface area contributed by atoms with Crippen molar-refractivity contribution in [2.75, 3.05) is 36.9 Å². The monoisotopic (exact) mass is 271 g/mol. The number of aromatic nitrogens is 1. The average Bonchev–Trinajstić information content (AvgIpc) is 2.36. The van der Waals surface area contributed by atoms with Crippen LogP contribution in [-0.4, -0.2) is 42.5 Å². The quantitative estimate of drug-likeness (QED) is 0.808. The number of pyridine rings is 1. The summed E-state index contributed by atoms with van der Waals surface area (Å²) in [5.41, 5.74) is 6.38. The molecule has 0 aromatic carbocycles. The van der Waals surface area contributed by atoms with Crippen LogP contribution in [0.4, 0.5) is 11.5 Å². The van der Waals surface area contributed by atoms with Gasteiger partial charge in [-0.15, -0.1) is 0 Å². The van der Waals surface area contributed by atoms with Crippen LogP contribution >= 0.6 is 11.6 Å². The smallest absolute Gasteiger partial charge is 0.133 e. The summed E-state index contributed by atoms with van der Waals surface area (Å²) in [7, 11) is 0. The van der Waals surface area contributed by atoms with Crippen molar-refractivity contribution in [2.24, 2.45) is 0 Å². The third-order valence-electron chi connectivity index (χ3n) is 3.01. The van der Waals surface area contributed by atoms with Gasteiger partial charge in [0.05, 0.1) is 19.3 Å². The van der Waals surface area contributed by atoms with E-state index in [4.69, 9.17) is 27.2 Å². The molecule has 0 atom stereocenters. The summed E-state index contributed by atoms with van der Waals surface area (Å²) in [4.78, 5) is 6.43. The average molecular weight is 272 g/mol. The van der Waals surface area contributed by atoms with Crippen molar-refractivity contribution < 1.29 is 9.84 Å². The summed E-state index contributed by atoms with van der Waals surface area (Å²) in [6.45, 7) is 2.21. The maximum absolute atomic E-state index is 8.71. The molecule has 18 heavy (non-hydrogen) atoms. The second-order valence-electron chi connectivity index (χ2n) is 4.36. The van der Waals surface area contributed by atoms with Crippen molar-refractivity contribution in [1.82, 2.24) is 4.98 Å². The number of ether oxygens (including phenoxy) is 1. The van der Waals surface area contributed by atoms with Gasteiger partial charge < -0.3 is 20.5 Å². The number of hydrogen-bond donors (Lipinski definition) is 2. The van der Waals surface area contributed by atoms with Crippen LogP contribution in [0.5, 0.6) is 0 Å². The maximum Gasteiger partial charge on any atom is 0.133 e. The Morgan fingerprint density at radius 2 is 2.17 bits per heavy atom. The van der Waals surface area contributed by atoms with Gasteiger partial charge in [-0.25, -0.2) is 4.98 Å². The van der Waals surface area contributed by atoms with Gasteiger partial charge in [0.25, 0.3) is 0 Å². The third kappa shape index (κ3) is 3.48. The van der Waals surface area contributed by atoms with Gasteiger partial charge >= 0.3 is 0 Å². The van der Waals surface area contributed by atoms with Crippen LogP contribution in [0.3, 0.4) is 0 Å². The number of hydrogen-bond acceptors (Lipinski definition) is 5. The first-order valence-corrected chi connectivity index (χ1v) is 6.47. The van der Waals surface area contributed by atoms with Crippen molar-refractivity contribution in [1.29, 1.82) is 0 Å². The Morgan fingerprint density at radius 1 is 1.44 bits per heavy atom. The van der Waals surface area contributed by atoms with E-state index in [-0.39, 0.29) is 12.7 Å². The van der Waals surface area contributed by atoms with Gasteiger partial charge in [-0.1, -0.05) is 11.6 Å². The van der Waals surface area contributed by atoms with Crippen LogP contribution in [0.15, 0.2) is 12.1 Å². The van der Waals surface area contributed by atoms with Crippen LogP contribution in [0.25, 0.3) is 0 Å². The molecule has 2 rings (SSSR count). The molecule has 5 nitrogen and oxygen atoms in total. The predicted molar refractivity (Wildman–Crippen MR) is 71.9 cm³/mol. The molecule has 0 unspecified atom stereocenters. The first kappa shape index (κ1) is 13.4. The molecule has 0 amide bonds. The van der Waals surface area contributed by atoms with E-state index in [0.717, 1.165) is 31.7 Å². The van der Waals surface area contributed by atoms with Crippen molar-refractivity contribution in [3.05, 3.63) is 17.3 Å². The molecule has 1 aliphatic heterocycles. The lowest BCUT2D eigenvalue weighted by atomic mass is 10.1. The van der Waals surface area contributed by atoms with E-state index < -0.39 is 0 Å². The molecule has 1 saturated heterocycles.